The third-order valence-electron chi connectivity index (χ3n) is 7.54. The second-order valence-corrected chi connectivity index (χ2v) is 9.87. The fraction of sp³-hybridized carbons (Fsp3) is 0.429. The Labute approximate surface area is 206 Å². The van der Waals surface area contributed by atoms with Crippen molar-refractivity contribution in [3.05, 3.63) is 59.8 Å². The van der Waals surface area contributed by atoms with Crippen LogP contribution >= 0.6 is 0 Å². The number of methoxy groups -OCH3 is 2. The van der Waals surface area contributed by atoms with E-state index in [4.69, 9.17) is 9.47 Å². The highest BCUT2D eigenvalue weighted by Crippen LogP contribution is 2.35. The zero-order valence-corrected chi connectivity index (χ0v) is 20.7. The summed E-state index contributed by atoms with van der Waals surface area (Å²) in [5, 5.41) is 4.24. The van der Waals surface area contributed by atoms with E-state index < -0.39 is 5.54 Å². The molecule has 184 valence electrons. The number of aromatic nitrogens is 1. The van der Waals surface area contributed by atoms with Gasteiger partial charge in [0.15, 0.2) is 0 Å². The van der Waals surface area contributed by atoms with Crippen LogP contribution in [0.3, 0.4) is 0 Å². The first-order valence-electron chi connectivity index (χ1n) is 12.4. The van der Waals surface area contributed by atoms with Gasteiger partial charge in [-0.25, -0.2) is 0 Å². The first-order valence-corrected chi connectivity index (χ1v) is 12.4. The lowest BCUT2D eigenvalue weighted by atomic mass is 9.91. The molecule has 1 atom stereocenters. The predicted octanol–water partition coefficient (Wildman–Crippen LogP) is 4.52. The maximum absolute atomic E-state index is 14.0. The van der Waals surface area contributed by atoms with E-state index in [1.807, 2.05) is 60.0 Å². The van der Waals surface area contributed by atoms with Crippen molar-refractivity contribution in [2.75, 3.05) is 14.2 Å². The zero-order valence-electron chi connectivity index (χ0n) is 20.7. The van der Waals surface area contributed by atoms with Crippen molar-refractivity contribution in [2.45, 2.75) is 63.7 Å². The molecule has 2 heterocycles. The first-order chi connectivity index (χ1) is 16.9. The Kier molecular flexibility index (Phi) is 6.17. The molecule has 2 aliphatic rings. The number of hydrogen-bond donors (Lipinski definition) is 1. The average molecular weight is 476 g/mol. The molecule has 1 fully saturated rings. The quantitative estimate of drug-likeness (QED) is 0.569. The minimum absolute atomic E-state index is 0.101. The smallest absolute Gasteiger partial charge is 0.271 e. The van der Waals surface area contributed by atoms with Crippen molar-refractivity contribution in [1.82, 2.24) is 14.8 Å². The molecule has 1 saturated carbocycles. The minimum atomic E-state index is -1.06. The SMILES string of the molecule is COc1cccc(CN2C(=O)c3cc4ccc(OC)cc4n3CC2(C)C(=O)NC2CCCCC2)c1. The first kappa shape index (κ1) is 23.3. The molecule has 1 aromatic heterocycles. The van der Waals surface area contributed by atoms with Crippen LogP contribution in [0.15, 0.2) is 48.5 Å². The number of nitrogens with zero attached hydrogens (tertiary/aromatic N) is 2. The largest absolute Gasteiger partial charge is 0.497 e. The third kappa shape index (κ3) is 4.24. The predicted molar refractivity (Wildman–Crippen MR) is 135 cm³/mol. The molecule has 1 N–H and O–H groups in total. The Balaban J connectivity index is 1.56. The van der Waals surface area contributed by atoms with Crippen LogP contribution in [0.25, 0.3) is 10.9 Å². The van der Waals surface area contributed by atoms with E-state index in [0.717, 1.165) is 53.6 Å². The van der Waals surface area contributed by atoms with Crippen molar-refractivity contribution >= 4 is 22.7 Å². The molecule has 1 unspecified atom stereocenters. The van der Waals surface area contributed by atoms with E-state index in [1.165, 1.54) is 6.42 Å². The summed E-state index contributed by atoms with van der Waals surface area (Å²) in [5.41, 5.74) is 1.34. The Hall–Kier alpha value is -3.48. The summed E-state index contributed by atoms with van der Waals surface area (Å²) < 4.78 is 12.8. The second kappa shape index (κ2) is 9.29. The lowest BCUT2D eigenvalue weighted by Gasteiger charge is -2.45. The Morgan fingerprint density at radius 1 is 1.03 bits per heavy atom. The number of carbonyl (C=O) groups excluding carboxylic acids is 2. The molecule has 7 nitrogen and oxygen atoms in total. The van der Waals surface area contributed by atoms with Gasteiger partial charge in [-0.1, -0.05) is 31.4 Å². The fourth-order valence-electron chi connectivity index (χ4n) is 5.45. The summed E-state index contributed by atoms with van der Waals surface area (Å²) in [5.74, 6) is 1.19. The molecule has 0 spiro atoms. The Morgan fingerprint density at radius 2 is 1.77 bits per heavy atom. The maximum Gasteiger partial charge on any atom is 0.271 e. The summed E-state index contributed by atoms with van der Waals surface area (Å²) in [4.78, 5) is 29.6. The minimum Gasteiger partial charge on any atom is -0.497 e. The molecule has 0 saturated heterocycles. The number of hydrogen-bond acceptors (Lipinski definition) is 4. The van der Waals surface area contributed by atoms with Crippen molar-refractivity contribution < 1.29 is 19.1 Å². The van der Waals surface area contributed by atoms with Crippen LogP contribution in [0.5, 0.6) is 11.5 Å². The molecule has 7 heteroatoms. The second-order valence-electron chi connectivity index (χ2n) is 9.87. The van der Waals surface area contributed by atoms with Gasteiger partial charge < -0.3 is 24.3 Å². The molecule has 5 rings (SSSR count). The van der Waals surface area contributed by atoms with Gasteiger partial charge >= 0.3 is 0 Å². The van der Waals surface area contributed by atoms with Crippen LogP contribution in [0, 0.1) is 0 Å². The molecule has 1 aliphatic heterocycles. The number of benzene rings is 2. The average Bonchev–Trinajstić information content (AvgIpc) is 3.24. The number of carbonyl (C=O) groups is 2. The van der Waals surface area contributed by atoms with Gasteiger partial charge in [-0.05, 0) is 55.7 Å². The highest BCUT2D eigenvalue weighted by molar-refractivity contribution is 6.03. The molecule has 3 aromatic rings. The van der Waals surface area contributed by atoms with Crippen LogP contribution in [-0.2, 0) is 17.9 Å². The fourth-order valence-corrected chi connectivity index (χ4v) is 5.45. The highest BCUT2D eigenvalue weighted by atomic mass is 16.5. The number of rotatable bonds is 6. The van der Waals surface area contributed by atoms with Crippen molar-refractivity contribution in [2.24, 2.45) is 0 Å². The van der Waals surface area contributed by atoms with E-state index in [2.05, 4.69) is 5.32 Å². The molecule has 35 heavy (non-hydrogen) atoms. The van der Waals surface area contributed by atoms with E-state index in [0.29, 0.717) is 18.8 Å². The van der Waals surface area contributed by atoms with Gasteiger partial charge in [-0.2, -0.15) is 0 Å². The monoisotopic (exact) mass is 475 g/mol. The summed E-state index contributed by atoms with van der Waals surface area (Å²) in [6.45, 7) is 2.57. The van der Waals surface area contributed by atoms with E-state index in [1.54, 1.807) is 19.1 Å². The van der Waals surface area contributed by atoms with E-state index >= 15 is 0 Å². The van der Waals surface area contributed by atoms with Crippen LogP contribution in [0.1, 0.15) is 55.1 Å². The highest BCUT2D eigenvalue weighted by Gasteiger charge is 2.48. The summed E-state index contributed by atoms with van der Waals surface area (Å²) in [6.07, 6.45) is 5.44. The standard InChI is InChI=1S/C28H33N3O4/c1-28(27(33)29-21-9-5-4-6-10-21)18-30-24-16-23(35-3)13-12-20(24)15-25(30)26(32)31(28)17-19-8-7-11-22(14-19)34-2/h7-8,11-16,21H,4-6,9-10,17-18H2,1-3H3,(H,29,33). The number of nitrogens with one attached hydrogen (secondary N) is 1. The van der Waals surface area contributed by atoms with Crippen LogP contribution in [0.4, 0.5) is 0 Å². The topological polar surface area (TPSA) is 72.8 Å². The molecular formula is C28H33N3O4. The molecule has 2 amide bonds. The molecule has 0 bridgehead atoms. The lowest BCUT2D eigenvalue weighted by molar-refractivity contribution is -0.134. The van der Waals surface area contributed by atoms with Gasteiger partial charge in [0.05, 0.1) is 26.3 Å². The van der Waals surface area contributed by atoms with Crippen molar-refractivity contribution in [3.8, 4) is 11.5 Å². The number of ether oxygens (including phenoxy) is 2. The van der Waals surface area contributed by atoms with Crippen molar-refractivity contribution in [1.29, 1.82) is 0 Å². The van der Waals surface area contributed by atoms with Crippen LogP contribution in [-0.4, -0.2) is 47.1 Å². The van der Waals surface area contributed by atoms with Gasteiger partial charge in [0.25, 0.3) is 5.91 Å². The Morgan fingerprint density at radius 3 is 2.51 bits per heavy atom. The molecule has 0 radical (unpaired) electrons. The Bertz CT molecular complexity index is 1260. The molecular weight excluding hydrogens is 442 g/mol. The normalized spacial score (nSPS) is 20.5. The van der Waals surface area contributed by atoms with Crippen molar-refractivity contribution in [3.63, 3.8) is 0 Å². The zero-order chi connectivity index (χ0) is 24.6. The van der Waals surface area contributed by atoms with Gasteiger partial charge in [0.1, 0.15) is 22.7 Å². The summed E-state index contributed by atoms with van der Waals surface area (Å²) in [6, 6.07) is 15.5. The molecule has 1 aliphatic carbocycles. The number of amides is 2. The molecule has 2 aromatic carbocycles. The van der Waals surface area contributed by atoms with Gasteiger partial charge in [0, 0.05) is 24.0 Å². The van der Waals surface area contributed by atoms with Gasteiger partial charge in [-0.15, -0.1) is 0 Å². The van der Waals surface area contributed by atoms with Gasteiger partial charge in [0.2, 0.25) is 5.91 Å². The third-order valence-corrected chi connectivity index (χ3v) is 7.54. The number of fused-ring (bicyclic) bond motifs is 3. The van der Waals surface area contributed by atoms with Gasteiger partial charge in [-0.3, -0.25) is 9.59 Å². The van der Waals surface area contributed by atoms with Crippen LogP contribution in [0.2, 0.25) is 0 Å². The maximum atomic E-state index is 14.0. The van der Waals surface area contributed by atoms with E-state index in [9.17, 15) is 9.59 Å². The summed E-state index contributed by atoms with van der Waals surface area (Å²) in [7, 11) is 3.25. The lowest BCUT2D eigenvalue weighted by Crippen LogP contribution is -2.64. The van der Waals surface area contributed by atoms with Crippen LogP contribution < -0.4 is 14.8 Å². The summed E-state index contributed by atoms with van der Waals surface area (Å²) >= 11 is 0. The van der Waals surface area contributed by atoms with E-state index in [-0.39, 0.29) is 17.9 Å².